The van der Waals surface area contributed by atoms with E-state index in [1.807, 2.05) is 12.1 Å². The van der Waals surface area contributed by atoms with Crippen LogP contribution in [-0.2, 0) is 0 Å². The average Bonchev–Trinajstić information content (AvgIpc) is 2.50. The first-order valence-electron chi connectivity index (χ1n) is 3.19. The minimum absolute atomic E-state index is 1.02. The average molecular weight is 182 g/mol. The van der Waals surface area contributed by atoms with E-state index in [0.29, 0.717) is 0 Å². The zero-order valence-electron chi connectivity index (χ0n) is 5.94. The van der Waals surface area contributed by atoms with Gasteiger partial charge < -0.3 is 0 Å². The Hall–Kier alpha value is -0.740. The van der Waals surface area contributed by atoms with Crippen molar-refractivity contribution in [2.24, 2.45) is 4.99 Å². The van der Waals surface area contributed by atoms with Crippen molar-refractivity contribution in [3.05, 3.63) is 23.6 Å². The molecule has 2 rings (SSSR count). The summed E-state index contributed by atoms with van der Waals surface area (Å²) in [5, 5.41) is 1.02. The highest BCUT2D eigenvalue weighted by molar-refractivity contribution is 7.68. The molecule has 0 bridgehead atoms. The van der Waals surface area contributed by atoms with Gasteiger partial charge in [0.25, 0.3) is 0 Å². The lowest BCUT2D eigenvalue weighted by atomic mass is 10.2. The summed E-state index contributed by atoms with van der Waals surface area (Å²) in [5.74, 6) is 0. The molecule has 0 N–H and O–H groups in total. The largest absolute Gasteiger partial charge is 0.289 e. The van der Waals surface area contributed by atoms with Crippen molar-refractivity contribution in [2.45, 2.75) is 0 Å². The van der Waals surface area contributed by atoms with Crippen molar-refractivity contribution in [3.8, 4) is 10.6 Å². The first-order chi connectivity index (χ1) is 5.40. The van der Waals surface area contributed by atoms with Crippen LogP contribution in [0.3, 0.4) is 0 Å². The van der Waals surface area contributed by atoms with E-state index in [9.17, 15) is 0 Å². The molecule has 0 aromatic heterocycles. The summed E-state index contributed by atoms with van der Waals surface area (Å²) in [5.41, 5.74) is 1.08. The van der Waals surface area contributed by atoms with Gasteiger partial charge in [-0.15, -0.1) is 0 Å². The van der Waals surface area contributed by atoms with Crippen LogP contribution >= 0.6 is 20.9 Å². The molecule has 0 aromatic carbocycles. The third-order valence-corrected chi connectivity index (χ3v) is 3.30. The summed E-state index contributed by atoms with van der Waals surface area (Å²) in [6.07, 6.45) is 0. The SMILES string of the molecule is C/N=c1\ccc2nssc-2c1. The molecule has 0 saturated heterocycles. The fourth-order valence-electron chi connectivity index (χ4n) is 0.883. The quantitative estimate of drug-likeness (QED) is 0.571. The van der Waals surface area contributed by atoms with Gasteiger partial charge in [-0.3, -0.25) is 4.99 Å². The summed E-state index contributed by atoms with van der Waals surface area (Å²) < 4.78 is 4.21. The van der Waals surface area contributed by atoms with Gasteiger partial charge >= 0.3 is 0 Å². The number of hydrogen-bond donors (Lipinski definition) is 0. The molecule has 0 saturated carbocycles. The molecule has 0 fully saturated rings. The number of rotatable bonds is 0. The second-order valence-corrected chi connectivity index (χ2v) is 4.01. The Morgan fingerprint density at radius 3 is 3.18 bits per heavy atom. The van der Waals surface area contributed by atoms with E-state index >= 15 is 0 Å². The first-order valence-corrected chi connectivity index (χ1v) is 5.29. The van der Waals surface area contributed by atoms with Crippen LogP contribution < -0.4 is 5.36 Å². The second-order valence-electron chi connectivity index (χ2n) is 2.12. The van der Waals surface area contributed by atoms with E-state index in [4.69, 9.17) is 0 Å². The van der Waals surface area contributed by atoms with Crippen LogP contribution in [0.5, 0.6) is 0 Å². The van der Waals surface area contributed by atoms with Gasteiger partial charge in [0.1, 0.15) is 0 Å². The van der Waals surface area contributed by atoms with E-state index in [2.05, 4.69) is 15.4 Å². The number of fused-ring (bicyclic) bond motifs is 1. The normalized spacial score (nSPS) is 12.6. The lowest BCUT2D eigenvalue weighted by Crippen LogP contribution is -1.98. The zero-order valence-corrected chi connectivity index (χ0v) is 7.58. The summed E-state index contributed by atoms with van der Waals surface area (Å²) >= 11 is 0. The number of benzene rings is 1. The minimum atomic E-state index is 1.02. The maximum absolute atomic E-state index is 4.21. The van der Waals surface area contributed by atoms with Crippen molar-refractivity contribution < 1.29 is 0 Å². The second kappa shape index (κ2) is 2.71. The van der Waals surface area contributed by atoms with Crippen LogP contribution in [0, 0.1) is 0 Å². The molecule has 4 heteroatoms. The van der Waals surface area contributed by atoms with Crippen LogP contribution in [0.1, 0.15) is 0 Å². The van der Waals surface area contributed by atoms with Gasteiger partial charge in [-0.2, -0.15) is 4.37 Å². The maximum Gasteiger partial charge on any atom is 0.0951 e. The molecule has 2 nitrogen and oxygen atoms in total. The standard InChI is InChI=1S/C7H6N2S2/c1-8-5-2-3-6-7(4-5)10-11-9-6/h2-4H,1H3/b8-5+. The molecular weight excluding hydrogens is 176 g/mol. The van der Waals surface area contributed by atoms with Gasteiger partial charge in [-0.1, -0.05) is 10.3 Å². The molecule has 56 valence electrons. The van der Waals surface area contributed by atoms with E-state index in [0.717, 1.165) is 11.1 Å². The van der Waals surface area contributed by atoms with E-state index in [-0.39, 0.29) is 0 Å². The summed E-state index contributed by atoms with van der Waals surface area (Å²) in [7, 11) is 5.01. The van der Waals surface area contributed by atoms with Crippen molar-refractivity contribution >= 4 is 20.9 Å². The Kier molecular flexibility index (Phi) is 1.71. The molecule has 0 unspecified atom stereocenters. The Bertz CT molecular complexity index is 388. The molecule has 0 aromatic rings. The van der Waals surface area contributed by atoms with E-state index in [1.54, 1.807) is 17.4 Å². The van der Waals surface area contributed by atoms with Crippen LogP contribution in [0.25, 0.3) is 10.6 Å². The summed E-state index contributed by atoms with van der Waals surface area (Å²) in [6, 6.07) is 6.04. The molecule has 0 radical (unpaired) electrons. The predicted octanol–water partition coefficient (Wildman–Crippen LogP) is 1.84. The Morgan fingerprint density at radius 2 is 2.36 bits per heavy atom. The number of hydrogen-bond acceptors (Lipinski definition) is 4. The van der Waals surface area contributed by atoms with Crippen molar-refractivity contribution in [2.75, 3.05) is 7.05 Å². The lowest BCUT2D eigenvalue weighted by Gasteiger charge is -1.90. The highest BCUT2D eigenvalue weighted by atomic mass is 32.9. The Balaban J connectivity index is 2.78. The fraction of sp³-hybridized carbons (Fsp3) is 0.143. The number of aromatic nitrogens is 1. The van der Waals surface area contributed by atoms with E-state index in [1.165, 1.54) is 15.4 Å². The van der Waals surface area contributed by atoms with E-state index < -0.39 is 0 Å². The van der Waals surface area contributed by atoms with Crippen LogP contribution in [0.15, 0.2) is 23.2 Å². The molecule has 0 atom stereocenters. The van der Waals surface area contributed by atoms with Gasteiger partial charge in [-0.05, 0) is 18.2 Å². The first kappa shape index (κ1) is 6.94. The molecule has 0 spiro atoms. The topological polar surface area (TPSA) is 25.2 Å². The van der Waals surface area contributed by atoms with Gasteiger partial charge in [0.05, 0.1) is 15.9 Å². The molecule has 11 heavy (non-hydrogen) atoms. The molecule has 0 amide bonds. The highest BCUT2D eigenvalue weighted by Crippen LogP contribution is 2.25. The van der Waals surface area contributed by atoms with Crippen molar-refractivity contribution in [3.63, 3.8) is 0 Å². The molecule has 2 aliphatic rings. The van der Waals surface area contributed by atoms with Crippen molar-refractivity contribution in [1.29, 1.82) is 0 Å². The van der Waals surface area contributed by atoms with Crippen LogP contribution in [0.4, 0.5) is 0 Å². The Labute approximate surface area is 71.8 Å². The minimum Gasteiger partial charge on any atom is -0.289 e. The Morgan fingerprint density at radius 1 is 1.45 bits per heavy atom. The monoisotopic (exact) mass is 182 g/mol. The van der Waals surface area contributed by atoms with Gasteiger partial charge in [-0.25, -0.2) is 0 Å². The van der Waals surface area contributed by atoms with Crippen molar-refractivity contribution in [1.82, 2.24) is 4.37 Å². The highest BCUT2D eigenvalue weighted by Gasteiger charge is 2.02. The zero-order chi connectivity index (χ0) is 7.68. The van der Waals surface area contributed by atoms with Gasteiger partial charge in [0.2, 0.25) is 0 Å². The molecule has 1 heterocycles. The third-order valence-electron chi connectivity index (χ3n) is 1.46. The predicted molar refractivity (Wildman–Crippen MR) is 48.1 cm³/mol. The smallest absolute Gasteiger partial charge is 0.0951 e. The lowest BCUT2D eigenvalue weighted by molar-refractivity contribution is 1.27. The maximum atomic E-state index is 4.21. The fourth-order valence-corrected chi connectivity index (χ4v) is 2.66. The molecule has 1 aliphatic heterocycles. The van der Waals surface area contributed by atoms with Gasteiger partial charge in [0, 0.05) is 17.6 Å². The van der Waals surface area contributed by atoms with Crippen LogP contribution in [-0.4, -0.2) is 11.4 Å². The van der Waals surface area contributed by atoms with Gasteiger partial charge in [0.15, 0.2) is 0 Å². The van der Waals surface area contributed by atoms with Crippen LogP contribution in [0.2, 0.25) is 0 Å². The molecule has 1 aliphatic carbocycles. The summed E-state index contributed by atoms with van der Waals surface area (Å²) in [4.78, 5) is 5.30. The summed E-state index contributed by atoms with van der Waals surface area (Å²) in [6.45, 7) is 0. The molecular formula is C7H6N2S2. The third kappa shape index (κ3) is 1.19. The number of nitrogens with zero attached hydrogens (tertiary/aromatic N) is 2.